The number of nitrogens with one attached hydrogen (secondary N) is 1. The minimum atomic E-state index is 0.366. The molecule has 18 heavy (non-hydrogen) atoms. The molecule has 100 valence electrons. The van der Waals surface area contributed by atoms with Gasteiger partial charge in [0.25, 0.3) is 0 Å². The summed E-state index contributed by atoms with van der Waals surface area (Å²) in [6.45, 7) is 6.15. The first-order valence-corrected chi connectivity index (χ1v) is 7.06. The monoisotopic (exact) mass is 248 g/mol. The minimum absolute atomic E-state index is 0.366. The number of aromatic nitrogens is 1. The highest BCUT2D eigenvalue weighted by Gasteiger charge is 2.20. The van der Waals surface area contributed by atoms with Crippen LogP contribution in [0.25, 0.3) is 0 Å². The average Bonchev–Trinajstić information content (AvgIpc) is 2.39. The summed E-state index contributed by atoms with van der Waals surface area (Å²) in [5.41, 5.74) is 2.51. The molecular weight excluding hydrogens is 224 g/mol. The van der Waals surface area contributed by atoms with Gasteiger partial charge < -0.3 is 10.1 Å². The number of ether oxygens (including phenoxy) is 1. The van der Waals surface area contributed by atoms with Crippen LogP contribution in [0.4, 0.5) is 0 Å². The molecule has 3 heteroatoms. The van der Waals surface area contributed by atoms with Gasteiger partial charge in [0.2, 0.25) is 0 Å². The summed E-state index contributed by atoms with van der Waals surface area (Å²) in [5.74, 6) is 0. The van der Waals surface area contributed by atoms with Gasteiger partial charge in [-0.25, -0.2) is 0 Å². The highest BCUT2D eigenvalue weighted by atomic mass is 16.5. The van der Waals surface area contributed by atoms with Crippen molar-refractivity contribution in [3.63, 3.8) is 0 Å². The summed E-state index contributed by atoms with van der Waals surface area (Å²) in [6.07, 6.45) is 9.06. The SMILES string of the molecule is CCNC(CC1CCCCO1)c1cncc(C)c1. The minimum Gasteiger partial charge on any atom is -0.378 e. The number of hydrogen-bond donors (Lipinski definition) is 1. The fourth-order valence-corrected chi connectivity index (χ4v) is 2.61. The maximum Gasteiger partial charge on any atom is 0.0593 e. The zero-order valence-electron chi connectivity index (χ0n) is 11.5. The lowest BCUT2D eigenvalue weighted by Gasteiger charge is -2.27. The van der Waals surface area contributed by atoms with Crippen LogP contribution in [0.5, 0.6) is 0 Å². The summed E-state index contributed by atoms with van der Waals surface area (Å²) in [6, 6.07) is 2.59. The Morgan fingerprint density at radius 3 is 3.00 bits per heavy atom. The van der Waals surface area contributed by atoms with Gasteiger partial charge in [0, 0.05) is 25.0 Å². The third kappa shape index (κ3) is 3.79. The van der Waals surface area contributed by atoms with E-state index in [1.807, 2.05) is 12.4 Å². The molecule has 0 bridgehead atoms. The van der Waals surface area contributed by atoms with Crippen molar-refractivity contribution in [1.29, 1.82) is 0 Å². The van der Waals surface area contributed by atoms with Gasteiger partial charge >= 0.3 is 0 Å². The molecule has 1 aliphatic heterocycles. The van der Waals surface area contributed by atoms with Crippen molar-refractivity contribution in [3.8, 4) is 0 Å². The van der Waals surface area contributed by atoms with Crippen LogP contribution in [0.15, 0.2) is 18.5 Å². The van der Waals surface area contributed by atoms with Crippen molar-refractivity contribution in [1.82, 2.24) is 10.3 Å². The summed E-state index contributed by atoms with van der Waals surface area (Å²) in [7, 11) is 0. The summed E-state index contributed by atoms with van der Waals surface area (Å²) in [5, 5.41) is 3.55. The smallest absolute Gasteiger partial charge is 0.0593 e. The van der Waals surface area contributed by atoms with Crippen LogP contribution in [0, 0.1) is 6.92 Å². The van der Waals surface area contributed by atoms with E-state index in [0.29, 0.717) is 12.1 Å². The lowest BCUT2D eigenvalue weighted by Crippen LogP contribution is -2.28. The van der Waals surface area contributed by atoms with E-state index in [-0.39, 0.29) is 0 Å². The highest BCUT2D eigenvalue weighted by molar-refractivity contribution is 5.20. The molecule has 1 fully saturated rings. The molecule has 2 atom stereocenters. The second kappa shape index (κ2) is 6.86. The van der Waals surface area contributed by atoms with Crippen LogP contribution in [0.3, 0.4) is 0 Å². The number of aryl methyl sites for hydroxylation is 1. The van der Waals surface area contributed by atoms with Crippen molar-refractivity contribution in [2.24, 2.45) is 0 Å². The molecule has 0 amide bonds. The van der Waals surface area contributed by atoms with E-state index in [4.69, 9.17) is 4.74 Å². The maximum atomic E-state index is 5.85. The van der Waals surface area contributed by atoms with Gasteiger partial charge in [-0.3, -0.25) is 4.98 Å². The third-order valence-corrected chi connectivity index (χ3v) is 3.52. The maximum absolute atomic E-state index is 5.85. The zero-order valence-corrected chi connectivity index (χ0v) is 11.5. The van der Waals surface area contributed by atoms with Crippen LogP contribution in [-0.2, 0) is 4.74 Å². The molecular formula is C15H24N2O. The molecule has 1 aromatic rings. The fraction of sp³-hybridized carbons (Fsp3) is 0.667. The van der Waals surface area contributed by atoms with E-state index in [0.717, 1.165) is 19.6 Å². The Balaban J connectivity index is 2.02. The van der Waals surface area contributed by atoms with Crippen molar-refractivity contribution >= 4 is 0 Å². The number of hydrogen-bond acceptors (Lipinski definition) is 3. The number of nitrogens with zero attached hydrogens (tertiary/aromatic N) is 1. The summed E-state index contributed by atoms with van der Waals surface area (Å²) >= 11 is 0. The molecule has 1 saturated heterocycles. The largest absolute Gasteiger partial charge is 0.378 e. The molecule has 2 unspecified atom stereocenters. The lowest BCUT2D eigenvalue weighted by molar-refractivity contribution is 0.00512. The van der Waals surface area contributed by atoms with Crippen LogP contribution in [-0.4, -0.2) is 24.2 Å². The van der Waals surface area contributed by atoms with Gasteiger partial charge in [0.05, 0.1) is 6.10 Å². The molecule has 0 saturated carbocycles. The first kappa shape index (κ1) is 13.5. The van der Waals surface area contributed by atoms with Gasteiger partial charge in [-0.05, 0) is 50.3 Å². The van der Waals surface area contributed by atoms with Gasteiger partial charge in [-0.15, -0.1) is 0 Å². The Labute approximate surface area is 110 Å². The zero-order chi connectivity index (χ0) is 12.8. The molecule has 2 rings (SSSR count). The predicted octanol–water partition coefficient (Wildman–Crippen LogP) is 3.00. The Morgan fingerprint density at radius 1 is 1.44 bits per heavy atom. The number of rotatable bonds is 5. The number of pyridine rings is 1. The van der Waals surface area contributed by atoms with E-state index in [1.54, 1.807) is 0 Å². The van der Waals surface area contributed by atoms with Crippen LogP contribution < -0.4 is 5.32 Å². The van der Waals surface area contributed by atoms with Crippen molar-refractivity contribution in [2.45, 2.75) is 51.7 Å². The van der Waals surface area contributed by atoms with E-state index in [1.165, 1.54) is 30.4 Å². The van der Waals surface area contributed by atoms with Gasteiger partial charge in [-0.2, -0.15) is 0 Å². The predicted molar refractivity (Wildman–Crippen MR) is 73.6 cm³/mol. The van der Waals surface area contributed by atoms with Crippen molar-refractivity contribution < 1.29 is 4.74 Å². The standard InChI is InChI=1S/C15H24N2O/c1-3-17-15(9-14-6-4-5-7-18-14)13-8-12(2)10-16-11-13/h8,10-11,14-15,17H,3-7,9H2,1-2H3. The molecule has 3 nitrogen and oxygen atoms in total. The van der Waals surface area contributed by atoms with Crippen molar-refractivity contribution in [3.05, 3.63) is 29.6 Å². The van der Waals surface area contributed by atoms with Gasteiger partial charge in [0.1, 0.15) is 0 Å². The second-order valence-electron chi connectivity index (χ2n) is 5.13. The lowest BCUT2D eigenvalue weighted by atomic mass is 9.97. The molecule has 0 spiro atoms. The molecule has 0 radical (unpaired) electrons. The molecule has 0 aliphatic carbocycles. The van der Waals surface area contributed by atoms with Crippen LogP contribution in [0.2, 0.25) is 0 Å². The van der Waals surface area contributed by atoms with Gasteiger partial charge in [-0.1, -0.05) is 13.0 Å². The molecule has 0 aromatic carbocycles. The fourth-order valence-electron chi connectivity index (χ4n) is 2.61. The topological polar surface area (TPSA) is 34.1 Å². The van der Waals surface area contributed by atoms with Crippen molar-refractivity contribution in [2.75, 3.05) is 13.2 Å². The Hall–Kier alpha value is -0.930. The Morgan fingerprint density at radius 2 is 2.33 bits per heavy atom. The van der Waals surface area contributed by atoms with Gasteiger partial charge in [0.15, 0.2) is 0 Å². The quantitative estimate of drug-likeness (QED) is 0.869. The van der Waals surface area contributed by atoms with E-state index in [2.05, 4.69) is 30.2 Å². The normalized spacial score (nSPS) is 21.8. The third-order valence-electron chi connectivity index (χ3n) is 3.52. The molecule has 1 aliphatic rings. The molecule has 1 N–H and O–H groups in total. The van der Waals surface area contributed by atoms with Crippen LogP contribution >= 0.6 is 0 Å². The average molecular weight is 248 g/mol. The Kier molecular flexibility index (Phi) is 5.14. The molecule has 2 heterocycles. The Bertz CT molecular complexity index is 361. The molecule has 1 aromatic heterocycles. The first-order valence-electron chi connectivity index (χ1n) is 7.06. The highest BCUT2D eigenvalue weighted by Crippen LogP contribution is 2.24. The first-order chi connectivity index (χ1) is 8.79. The second-order valence-corrected chi connectivity index (χ2v) is 5.13. The van der Waals surface area contributed by atoms with E-state index in [9.17, 15) is 0 Å². The van der Waals surface area contributed by atoms with E-state index < -0.39 is 0 Å². The summed E-state index contributed by atoms with van der Waals surface area (Å²) in [4.78, 5) is 4.30. The van der Waals surface area contributed by atoms with E-state index >= 15 is 0 Å². The summed E-state index contributed by atoms with van der Waals surface area (Å²) < 4.78 is 5.85. The van der Waals surface area contributed by atoms with Crippen LogP contribution in [0.1, 0.15) is 49.8 Å².